The molecular formula is C29H32INO8. The van der Waals surface area contributed by atoms with E-state index in [0.717, 1.165) is 9.13 Å². The van der Waals surface area contributed by atoms with Gasteiger partial charge in [-0.1, -0.05) is 11.8 Å². The normalized spacial score (nSPS) is 10.7. The topological polar surface area (TPSA) is 138 Å². The average molecular weight is 649 g/mol. The number of ether oxygens (including phenoxy) is 2. The summed E-state index contributed by atoms with van der Waals surface area (Å²) < 4.78 is 18.2. The van der Waals surface area contributed by atoms with Crippen molar-refractivity contribution in [2.75, 3.05) is 33.0 Å². The summed E-state index contributed by atoms with van der Waals surface area (Å²) in [6.07, 6.45) is 1.97. The van der Waals surface area contributed by atoms with E-state index in [-0.39, 0.29) is 45.3 Å². The molecule has 0 aliphatic carbocycles. The molecule has 0 aliphatic rings. The molecule has 0 saturated carbocycles. The zero-order chi connectivity index (χ0) is 28.2. The second-order valence-electron chi connectivity index (χ2n) is 8.54. The van der Waals surface area contributed by atoms with E-state index in [0.29, 0.717) is 65.0 Å². The third-order valence-corrected chi connectivity index (χ3v) is 6.38. The summed E-state index contributed by atoms with van der Waals surface area (Å²) >= 11 is 2.13. The Morgan fingerprint density at radius 3 is 2.59 bits per heavy atom. The first-order valence-electron chi connectivity index (χ1n) is 12.7. The minimum absolute atomic E-state index is 0.0344. The van der Waals surface area contributed by atoms with Crippen LogP contribution in [0.25, 0.3) is 11.0 Å². The highest BCUT2D eigenvalue weighted by atomic mass is 127. The van der Waals surface area contributed by atoms with Gasteiger partial charge in [0.25, 0.3) is 0 Å². The van der Waals surface area contributed by atoms with Gasteiger partial charge in [0.2, 0.25) is 5.91 Å². The van der Waals surface area contributed by atoms with E-state index in [9.17, 15) is 14.7 Å². The second-order valence-corrected chi connectivity index (χ2v) is 9.70. The first-order chi connectivity index (χ1) is 18.9. The van der Waals surface area contributed by atoms with Crippen molar-refractivity contribution in [3.63, 3.8) is 0 Å². The summed E-state index contributed by atoms with van der Waals surface area (Å²) in [7, 11) is 0. The number of hydrogen-bond acceptors (Lipinski definition) is 8. The molecule has 0 spiro atoms. The fourth-order valence-electron chi connectivity index (χ4n) is 3.87. The van der Waals surface area contributed by atoms with Gasteiger partial charge in [-0.15, -0.1) is 0 Å². The number of furan rings is 1. The standard InChI is InChI=1S/C29H32INO8/c1-2-37-29(36)27-22-18-21(9-10-24(22)39-25(27)8-6-13-33)38-28-20(7-4-3-5-12-32)15-19(16-23(28)30)17-26(35)31-11-14-34/h9-10,15-16,18,32-34H,2-3,5-6,8,11-14,17H2,1H3,(H,31,35). The van der Waals surface area contributed by atoms with Gasteiger partial charge >= 0.3 is 5.97 Å². The minimum Gasteiger partial charge on any atom is -0.462 e. The molecule has 0 saturated heterocycles. The smallest absolute Gasteiger partial charge is 0.342 e. The van der Waals surface area contributed by atoms with Crippen LogP contribution < -0.4 is 10.1 Å². The van der Waals surface area contributed by atoms with E-state index < -0.39 is 5.97 Å². The number of fused-ring (bicyclic) bond motifs is 1. The Morgan fingerprint density at radius 1 is 1.08 bits per heavy atom. The highest BCUT2D eigenvalue weighted by Crippen LogP contribution is 2.36. The quantitative estimate of drug-likeness (QED) is 0.0953. The zero-order valence-corrected chi connectivity index (χ0v) is 23.9. The molecule has 4 N–H and O–H groups in total. The van der Waals surface area contributed by atoms with Crippen LogP contribution in [0.15, 0.2) is 34.7 Å². The van der Waals surface area contributed by atoms with Crippen LogP contribution in [0, 0.1) is 15.4 Å². The number of carbonyl (C=O) groups is 2. The van der Waals surface area contributed by atoms with Crippen molar-refractivity contribution in [2.24, 2.45) is 0 Å². The first kappa shape index (κ1) is 30.4. The largest absolute Gasteiger partial charge is 0.462 e. The summed E-state index contributed by atoms with van der Waals surface area (Å²) in [5, 5.41) is 30.5. The van der Waals surface area contributed by atoms with Crippen LogP contribution in [0.3, 0.4) is 0 Å². The predicted molar refractivity (Wildman–Crippen MR) is 154 cm³/mol. The van der Waals surface area contributed by atoms with Crippen LogP contribution in [0.4, 0.5) is 0 Å². The summed E-state index contributed by atoms with van der Waals surface area (Å²) in [6.45, 7) is 1.98. The Labute approximate surface area is 240 Å². The van der Waals surface area contributed by atoms with Gasteiger partial charge < -0.3 is 34.5 Å². The van der Waals surface area contributed by atoms with Gasteiger partial charge in [0.15, 0.2) is 5.75 Å². The van der Waals surface area contributed by atoms with Gasteiger partial charge in [-0.2, -0.15) is 0 Å². The van der Waals surface area contributed by atoms with E-state index in [1.165, 1.54) is 0 Å². The molecule has 9 nitrogen and oxygen atoms in total. The number of esters is 1. The Hall–Kier alpha value is -3.11. The van der Waals surface area contributed by atoms with Crippen molar-refractivity contribution < 1.29 is 38.8 Å². The van der Waals surface area contributed by atoms with E-state index in [1.807, 2.05) is 6.07 Å². The number of aryl methyl sites for hydroxylation is 1. The molecule has 208 valence electrons. The highest BCUT2D eigenvalue weighted by molar-refractivity contribution is 14.1. The zero-order valence-electron chi connectivity index (χ0n) is 21.7. The molecule has 0 radical (unpaired) electrons. The number of hydrogen-bond donors (Lipinski definition) is 4. The molecule has 0 fully saturated rings. The summed E-state index contributed by atoms with van der Waals surface area (Å²) in [5.74, 6) is 6.80. The summed E-state index contributed by atoms with van der Waals surface area (Å²) in [5.41, 5.74) is 2.12. The van der Waals surface area contributed by atoms with Gasteiger partial charge in [-0.25, -0.2) is 4.79 Å². The van der Waals surface area contributed by atoms with Crippen LogP contribution in [0.5, 0.6) is 11.5 Å². The van der Waals surface area contributed by atoms with Crippen molar-refractivity contribution in [3.8, 4) is 23.3 Å². The van der Waals surface area contributed by atoms with E-state index in [4.69, 9.17) is 24.1 Å². The molecule has 3 rings (SSSR count). The van der Waals surface area contributed by atoms with Gasteiger partial charge in [0.05, 0.1) is 28.8 Å². The molecule has 0 atom stereocenters. The van der Waals surface area contributed by atoms with Crippen LogP contribution in [0.2, 0.25) is 0 Å². The Bertz CT molecular complexity index is 1350. The van der Waals surface area contributed by atoms with E-state index in [1.54, 1.807) is 31.2 Å². The lowest BCUT2D eigenvalue weighted by Crippen LogP contribution is -2.27. The Balaban J connectivity index is 2.01. The van der Waals surface area contributed by atoms with Gasteiger partial charge in [0.1, 0.15) is 22.7 Å². The van der Waals surface area contributed by atoms with Crippen molar-refractivity contribution >= 4 is 45.4 Å². The number of rotatable bonds is 13. The molecule has 39 heavy (non-hydrogen) atoms. The molecule has 0 bridgehead atoms. The number of aliphatic hydroxyl groups is 3. The molecule has 1 aromatic heterocycles. The Kier molecular flexibility index (Phi) is 12.1. The maximum atomic E-state index is 12.8. The number of aliphatic hydroxyl groups excluding tert-OH is 3. The van der Waals surface area contributed by atoms with Crippen LogP contribution >= 0.6 is 22.6 Å². The predicted octanol–water partition coefficient (Wildman–Crippen LogP) is 3.71. The number of amides is 1. The molecule has 0 unspecified atom stereocenters. The van der Waals surface area contributed by atoms with Crippen molar-refractivity contribution in [3.05, 3.63) is 56.4 Å². The molecule has 3 aromatic rings. The van der Waals surface area contributed by atoms with Crippen LogP contribution in [0.1, 0.15) is 53.4 Å². The van der Waals surface area contributed by atoms with Gasteiger partial charge in [-0.3, -0.25) is 4.79 Å². The summed E-state index contributed by atoms with van der Waals surface area (Å²) in [6, 6.07) is 8.78. The van der Waals surface area contributed by atoms with E-state index >= 15 is 0 Å². The third kappa shape index (κ3) is 8.44. The van der Waals surface area contributed by atoms with E-state index in [2.05, 4.69) is 39.7 Å². The van der Waals surface area contributed by atoms with Gasteiger partial charge in [0, 0.05) is 38.0 Å². The highest BCUT2D eigenvalue weighted by Gasteiger charge is 2.23. The van der Waals surface area contributed by atoms with Crippen LogP contribution in [-0.2, 0) is 22.4 Å². The van der Waals surface area contributed by atoms with Gasteiger partial charge in [-0.05, 0) is 78.3 Å². The lowest BCUT2D eigenvalue weighted by molar-refractivity contribution is -0.120. The summed E-state index contributed by atoms with van der Waals surface area (Å²) in [4.78, 5) is 25.0. The first-order valence-corrected chi connectivity index (χ1v) is 13.8. The Morgan fingerprint density at radius 2 is 1.87 bits per heavy atom. The lowest BCUT2D eigenvalue weighted by atomic mass is 10.1. The average Bonchev–Trinajstić information content (AvgIpc) is 3.28. The number of halogens is 1. The second kappa shape index (κ2) is 15.5. The number of nitrogens with one attached hydrogen (secondary N) is 1. The molecular weight excluding hydrogens is 617 g/mol. The molecule has 0 aliphatic heterocycles. The number of unbranched alkanes of at least 4 members (excludes halogenated alkanes) is 1. The molecule has 10 heteroatoms. The number of carbonyl (C=O) groups excluding carboxylic acids is 2. The van der Waals surface area contributed by atoms with Crippen molar-refractivity contribution in [1.29, 1.82) is 0 Å². The third-order valence-electron chi connectivity index (χ3n) is 5.58. The van der Waals surface area contributed by atoms with Crippen LogP contribution in [-0.4, -0.2) is 60.2 Å². The van der Waals surface area contributed by atoms with Crippen molar-refractivity contribution in [2.45, 2.75) is 39.0 Å². The SMILES string of the molecule is CCOC(=O)c1c(CCCO)oc2ccc(Oc3c(I)cc(CC(=O)NCCO)cc3C#CCCCO)cc12. The van der Waals surface area contributed by atoms with Crippen molar-refractivity contribution in [1.82, 2.24) is 5.32 Å². The minimum atomic E-state index is -0.504. The lowest BCUT2D eigenvalue weighted by Gasteiger charge is -2.13. The fraction of sp³-hybridized carbons (Fsp3) is 0.379. The molecule has 2 aromatic carbocycles. The maximum Gasteiger partial charge on any atom is 0.342 e. The monoisotopic (exact) mass is 649 g/mol. The maximum absolute atomic E-state index is 12.8. The molecule has 1 heterocycles. The number of benzene rings is 2. The molecule has 1 amide bonds. The fourth-order valence-corrected chi connectivity index (χ4v) is 4.67.